The summed E-state index contributed by atoms with van der Waals surface area (Å²) >= 11 is 0. The molecule has 0 heterocycles. The number of aliphatic hydroxyl groups excluding tert-OH is 3. The molecule has 0 aromatic heterocycles. The number of carboxylic acids is 1. The van der Waals surface area contributed by atoms with E-state index in [4.69, 9.17) is 0 Å². The minimum absolute atomic E-state index is 0.0436. The number of rotatable bonds is 10. The highest BCUT2D eigenvalue weighted by Gasteiger charge is 2.40. The van der Waals surface area contributed by atoms with Crippen molar-refractivity contribution in [3.63, 3.8) is 0 Å². The van der Waals surface area contributed by atoms with E-state index < -0.39 is 30.1 Å². The van der Waals surface area contributed by atoms with E-state index in [1.165, 1.54) is 6.07 Å². The van der Waals surface area contributed by atoms with E-state index in [2.05, 4.69) is 11.8 Å². The Bertz CT molecular complexity index is 711. The monoisotopic (exact) mass is 405 g/mol. The summed E-state index contributed by atoms with van der Waals surface area (Å²) in [6.07, 6.45) is 3.04. The van der Waals surface area contributed by atoms with Gasteiger partial charge in [0, 0.05) is 5.97 Å². The van der Waals surface area contributed by atoms with Gasteiger partial charge >= 0.3 is 0 Å². The van der Waals surface area contributed by atoms with E-state index in [-0.39, 0.29) is 23.8 Å². The second kappa shape index (κ2) is 11.9. The first-order valence-corrected chi connectivity index (χ1v) is 10.4. The van der Waals surface area contributed by atoms with Gasteiger partial charge in [-0.3, -0.25) is 0 Å². The summed E-state index contributed by atoms with van der Waals surface area (Å²) in [5.74, 6) is 3.68. The Kier molecular flexibility index (Phi) is 9.59. The van der Waals surface area contributed by atoms with Gasteiger partial charge in [-0.1, -0.05) is 43.2 Å². The van der Waals surface area contributed by atoms with Crippen molar-refractivity contribution < 1.29 is 29.6 Å². The molecule has 1 aliphatic rings. The molecule has 1 aromatic rings. The maximum absolute atomic E-state index is 13.6. The molecular weight excluding hydrogens is 375 g/mol. The molecule has 5 atom stereocenters. The van der Waals surface area contributed by atoms with Crippen molar-refractivity contribution in [2.24, 2.45) is 11.8 Å². The highest BCUT2D eigenvalue weighted by atomic mass is 19.1. The topological polar surface area (TPSA) is 101 Å². The lowest BCUT2D eigenvalue weighted by Crippen LogP contribution is -2.23. The molecule has 1 fully saturated rings. The minimum atomic E-state index is -1.03. The Morgan fingerprint density at radius 3 is 2.45 bits per heavy atom. The molecule has 1 saturated carbocycles. The van der Waals surface area contributed by atoms with Crippen LogP contribution in [0.4, 0.5) is 4.39 Å². The highest BCUT2D eigenvalue weighted by molar-refractivity contribution is 5.64. The van der Waals surface area contributed by atoms with Crippen molar-refractivity contribution in [2.75, 3.05) is 0 Å². The van der Waals surface area contributed by atoms with Crippen LogP contribution in [-0.4, -0.2) is 39.6 Å². The van der Waals surface area contributed by atoms with E-state index in [0.717, 1.165) is 25.7 Å². The second-order valence-corrected chi connectivity index (χ2v) is 7.87. The van der Waals surface area contributed by atoms with Gasteiger partial charge in [0.15, 0.2) is 0 Å². The van der Waals surface area contributed by atoms with Crippen LogP contribution in [0.25, 0.3) is 0 Å². The van der Waals surface area contributed by atoms with E-state index >= 15 is 0 Å². The summed E-state index contributed by atoms with van der Waals surface area (Å²) in [5.41, 5.74) is 0.236. The first kappa shape index (κ1) is 23.3. The molecule has 0 bridgehead atoms. The predicted octanol–water partition coefficient (Wildman–Crippen LogP) is 1.77. The Morgan fingerprint density at radius 1 is 1.10 bits per heavy atom. The molecule has 1 aromatic carbocycles. The smallest absolute Gasteiger partial charge is 0.138 e. The number of carboxylic acid groups (broad SMARTS) is 1. The van der Waals surface area contributed by atoms with Crippen LogP contribution < -0.4 is 5.11 Å². The lowest BCUT2D eigenvalue weighted by Gasteiger charge is -2.24. The third kappa shape index (κ3) is 7.77. The molecule has 160 valence electrons. The number of aliphatic hydroxyl groups is 3. The zero-order chi connectivity index (χ0) is 21.2. The molecule has 1 aliphatic carbocycles. The van der Waals surface area contributed by atoms with Crippen LogP contribution in [0.2, 0.25) is 0 Å². The number of halogens is 1. The SMILES string of the molecule is O=C([O-])CCCCCC[C@@H]1[C@@H](CC[C@@H](O)C#Cc2ccccc2F)[C@H](O)C[C@@H]1O. The summed E-state index contributed by atoms with van der Waals surface area (Å²) in [6.45, 7) is 0. The van der Waals surface area contributed by atoms with Crippen LogP contribution in [0.3, 0.4) is 0 Å². The van der Waals surface area contributed by atoms with Gasteiger partial charge in [0.25, 0.3) is 0 Å². The Morgan fingerprint density at radius 2 is 1.76 bits per heavy atom. The quantitative estimate of drug-likeness (QED) is 0.407. The lowest BCUT2D eigenvalue weighted by atomic mass is 9.85. The molecular formula is C23H30FO5-. The molecule has 0 radical (unpaired) electrons. The summed E-state index contributed by atoms with van der Waals surface area (Å²) in [7, 11) is 0. The molecule has 0 aliphatic heterocycles. The van der Waals surface area contributed by atoms with Crippen LogP contribution >= 0.6 is 0 Å². The van der Waals surface area contributed by atoms with Crippen LogP contribution in [-0.2, 0) is 4.79 Å². The zero-order valence-corrected chi connectivity index (χ0v) is 16.6. The largest absolute Gasteiger partial charge is 0.550 e. The number of unbranched alkanes of at least 4 members (excludes halogenated alkanes) is 3. The molecule has 5 nitrogen and oxygen atoms in total. The van der Waals surface area contributed by atoms with Gasteiger partial charge in [-0.05, 0) is 62.5 Å². The maximum Gasteiger partial charge on any atom is 0.138 e. The van der Waals surface area contributed by atoms with E-state index in [0.29, 0.717) is 25.7 Å². The fourth-order valence-corrected chi connectivity index (χ4v) is 4.13. The van der Waals surface area contributed by atoms with Gasteiger partial charge in [-0.25, -0.2) is 4.39 Å². The number of carbonyl (C=O) groups is 1. The van der Waals surface area contributed by atoms with Crippen molar-refractivity contribution in [3.8, 4) is 11.8 Å². The first-order valence-electron chi connectivity index (χ1n) is 10.4. The second-order valence-electron chi connectivity index (χ2n) is 7.87. The van der Waals surface area contributed by atoms with Crippen LogP contribution in [0.1, 0.15) is 63.4 Å². The van der Waals surface area contributed by atoms with Gasteiger partial charge in [-0.2, -0.15) is 0 Å². The fraction of sp³-hybridized carbons (Fsp3) is 0.609. The van der Waals surface area contributed by atoms with E-state index in [9.17, 15) is 29.6 Å². The number of hydrogen-bond donors (Lipinski definition) is 3. The summed E-state index contributed by atoms with van der Waals surface area (Å²) in [6, 6.07) is 6.12. The molecule has 3 N–H and O–H groups in total. The van der Waals surface area contributed by atoms with Crippen LogP contribution in [0, 0.1) is 29.5 Å². The average Bonchev–Trinajstić information content (AvgIpc) is 2.94. The molecule has 2 rings (SSSR count). The molecule has 29 heavy (non-hydrogen) atoms. The fourth-order valence-electron chi connectivity index (χ4n) is 4.13. The lowest BCUT2D eigenvalue weighted by molar-refractivity contribution is -0.305. The van der Waals surface area contributed by atoms with Crippen molar-refractivity contribution in [1.82, 2.24) is 0 Å². The Labute approximate surface area is 171 Å². The number of aliphatic carboxylic acids is 1. The number of hydrogen-bond acceptors (Lipinski definition) is 5. The maximum atomic E-state index is 13.6. The van der Waals surface area contributed by atoms with E-state index in [1.807, 2.05) is 0 Å². The predicted molar refractivity (Wildman–Crippen MR) is 105 cm³/mol. The van der Waals surface area contributed by atoms with Crippen molar-refractivity contribution in [1.29, 1.82) is 0 Å². The van der Waals surface area contributed by atoms with Gasteiger partial charge in [0.05, 0.1) is 17.8 Å². The van der Waals surface area contributed by atoms with Crippen molar-refractivity contribution in [2.45, 2.75) is 76.1 Å². The molecule has 0 unspecified atom stereocenters. The summed E-state index contributed by atoms with van der Waals surface area (Å²) in [4.78, 5) is 10.4. The highest BCUT2D eigenvalue weighted by Crippen LogP contribution is 2.39. The van der Waals surface area contributed by atoms with Crippen molar-refractivity contribution >= 4 is 5.97 Å². The molecule has 6 heteroatoms. The third-order valence-electron chi connectivity index (χ3n) is 5.71. The number of carbonyl (C=O) groups excluding carboxylic acids is 1. The number of benzene rings is 1. The van der Waals surface area contributed by atoms with Crippen LogP contribution in [0.5, 0.6) is 0 Å². The normalized spacial score (nSPS) is 24.7. The molecule has 0 saturated heterocycles. The van der Waals surface area contributed by atoms with Gasteiger partial charge in [0.2, 0.25) is 0 Å². The zero-order valence-electron chi connectivity index (χ0n) is 16.6. The van der Waals surface area contributed by atoms with Gasteiger partial charge in [-0.15, -0.1) is 0 Å². The first-order chi connectivity index (χ1) is 13.9. The standard InChI is InChI=1S/C23H31FO5/c24-20-9-6-5-7-16(20)11-12-17(25)13-14-19-18(21(26)15-22(19)27)8-3-1-2-4-10-23(28)29/h5-7,9,17-19,21-22,25-27H,1-4,8,10,13-15H2,(H,28,29)/p-1/t17-,18+,19+,21-,22+/m0/s1. The molecule has 0 amide bonds. The Balaban J connectivity index is 1.79. The minimum Gasteiger partial charge on any atom is -0.550 e. The van der Waals surface area contributed by atoms with Gasteiger partial charge in [0.1, 0.15) is 11.9 Å². The van der Waals surface area contributed by atoms with E-state index in [1.54, 1.807) is 18.2 Å². The summed E-state index contributed by atoms with van der Waals surface area (Å²) < 4.78 is 13.6. The average molecular weight is 405 g/mol. The molecule has 0 spiro atoms. The van der Waals surface area contributed by atoms with Crippen LogP contribution in [0.15, 0.2) is 24.3 Å². The van der Waals surface area contributed by atoms with Crippen molar-refractivity contribution in [3.05, 3.63) is 35.6 Å². The third-order valence-corrected chi connectivity index (χ3v) is 5.71. The summed E-state index contributed by atoms with van der Waals surface area (Å²) in [5, 5.41) is 41.1. The Hall–Kier alpha value is -1.94. The van der Waals surface area contributed by atoms with Gasteiger partial charge < -0.3 is 25.2 Å².